The van der Waals surface area contributed by atoms with Crippen molar-refractivity contribution in [3.05, 3.63) is 63.4 Å². The normalized spacial score (nSPS) is 15.5. The number of alkyl halides is 3. The second-order valence-electron chi connectivity index (χ2n) is 7.46. The third-order valence-electron chi connectivity index (χ3n) is 5.04. The Morgan fingerprint density at radius 2 is 1.82 bits per heavy atom. The van der Waals surface area contributed by atoms with Crippen molar-refractivity contribution >= 4 is 36.0 Å². The van der Waals surface area contributed by atoms with E-state index in [1.54, 1.807) is 30.5 Å². The Kier molecular flexibility index (Phi) is 6.77. The lowest BCUT2D eigenvalue weighted by atomic mass is 10.2. The van der Waals surface area contributed by atoms with Crippen molar-refractivity contribution in [1.29, 1.82) is 0 Å². The molecule has 2 aromatic heterocycles. The van der Waals surface area contributed by atoms with Crippen LogP contribution in [0.15, 0.2) is 41.6 Å². The van der Waals surface area contributed by atoms with Gasteiger partial charge >= 0.3 is 6.18 Å². The smallest absolute Gasteiger partial charge is 0.338 e. The number of benzene rings is 1. The Hall–Kier alpha value is -2.83. The molecule has 33 heavy (non-hydrogen) atoms. The number of hydrogen-bond donors (Lipinski definition) is 0. The number of anilines is 1. The summed E-state index contributed by atoms with van der Waals surface area (Å²) in [7, 11) is 0. The van der Waals surface area contributed by atoms with E-state index in [0.717, 1.165) is 10.4 Å². The molecule has 0 bridgehead atoms. The maximum atomic E-state index is 13.6. The topological polar surface area (TPSA) is 67.4 Å². The highest BCUT2D eigenvalue weighted by atomic mass is 35.5. The molecule has 0 aliphatic carbocycles. The summed E-state index contributed by atoms with van der Waals surface area (Å²) in [5.74, 6) is -0.532. The molecule has 1 aromatic carbocycles. The summed E-state index contributed by atoms with van der Waals surface area (Å²) < 4.78 is 42.5. The van der Waals surface area contributed by atoms with E-state index in [4.69, 9.17) is 23.8 Å². The zero-order chi connectivity index (χ0) is 23.6. The van der Waals surface area contributed by atoms with E-state index in [-0.39, 0.29) is 11.4 Å². The summed E-state index contributed by atoms with van der Waals surface area (Å²) in [6.45, 7) is 4.49. The predicted octanol–water partition coefficient (Wildman–Crippen LogP) is 3.85. The van der Waals surface area contributed by atoms with Gasteiger partial charge in [-0.05, 0) is 42.9 Å². The number of piperazine rings is 1. The first kappa shape index (κ1) is 23.3. The molecule has 1 saturated heterocycles. The molecule has 0 amide bonds. The quantitative estimate of drug-likeness (QED) is 0.395. The van der Waals surface area contributed by atoms with Gasteiger partial charge in [-0.15, -0.1) is 5.10 Å². The molecule has 4 rings (SSSR count). The SMILES string of the molecule is Cc1ccnc(N2CCN(Cn3nc(C(F)(F)F)n(/N=C/c4ccc(Cl)cc4)c3=S)CC2)n1. The zero-order valence-electron chi connectivity index (χ0n) is 17.6. The van der Waals surface area contributed by atoms with Crippen molar-refractivity contribution < 1.29 is 13.2 Å². The van der Waals surface area contributed by atoms with Crippen LogP contribution in [-0.4, -0.2) is 61.7 Å². The van der Waals surface area contributed by atoms with Crippen molar-refractivity contribution in [3.8, 4) is 0 Å². The Morgan fingerprint density at radius 3 is 2.45 bits per heavy atom. The van der Waals surface area contributed by atoms with Crippen molar-refractivity contribution in [1.82, 2.24) is 29.3 Å². The van der Waals surface area contributed by atoms with E-state index in [1.165, 1.54) is 6.21 Å². The average Bonchev–Trinajstić information content (AvgIpc) is 3.09. The minimum atomic E-state index is -4.71. The number of nitrogens with zero attached hydrogens (tertiary/aromatic N) is 8. The van der Waals surface area contributed by atoms with Crippen molar-refractivity contribution in [2.75, 3.05) is 31.1 Å². The van der Waals surface area contributed by atoms with E-state index in [2.05, 4.69) is 20.2 Å². The van der Waals surface area contributed by atoms with Crippen LogP contribution in [0.1, 0.15) is 17.1 Å². The maximum absolute atomic E-state index is 13.6. The van der Waals surface area contributed by atoms with Crippen LogP contribution in [0.4, 0.5) is 19.1 Å². The second-order valence-corrected chi connectivity index (χ2v) is 8.26. The minimum absolute atomic E-state index is 0.119. The molecule has 174 valence electrons. The highest BCUT2D eigenvalue weighted by Gasteiger charge is 2.39. The molecular weight excluding hydrogens is 477 g/mol. The lowest BCUT2D eigenvalue weighted by Gasteiger charge is -2.34. The Labute approximate surface area is 197 Å². The number of aromatic nitrogens is 5. The third kappa shape index (κ3) is 5.57. The van der Waals surface area contributed by atoms with E-state index in [0.29, 0.717) is 47.4 Å². The van der Waals surface area contributed by atoms with Crippen LogP contribution in [0, 0.1) is 11.7 Å². The fourth-order valence-corrected chi connectivity index (χ4v) is 3.67. The van der Waals surface area contributed by atoms with Gasteiger partial charge in [-0.25, -0.2) is 14.6 Å². The van der Waals surface area contributed by atoms with Crippen LogP contribution in [-0.2, 0) is 12.8 Å². The van der Waals surface area contributed by atoms with Gasteiger partial charge in [0.1, 0.15) is 0 Å². The van der Waals surface area contributed by atoms with Crippen LogP contribution in [0.25, 0.3) is 0 Å². The molecule has 8 nitrogen and oxygen atoms in total. The summed E-state index contributed by atoms with van der Waals surface area (Å²) in [6, 6.07) is 8.36. The van der Waals surface area contributed by atoms with Gasteiger partial charge < -0.3 is 4.90 Å². The molecule has 0 atom stereocenters. The molecule has 0 spiro atoms. The molecule has 0 radical (unpaired) electrons. The molecule has 0 unspecified atom stereocenters. The number of aryl methyl sites for hydroxylation is 1. The minimum Gasteiger partial charge on any atom is -0.338 e. The summed E-state index contributed by atoms with van der Waals surface area (Å²) >= 11 is 11.1. The van der Waals surface area contributed by atoms with Gasteiger partial charge in [0.25, 0.3) is 5.82 Å². The van der Waals surface area contributed by atoms with Crippen LogP contribution in [0.3, 0.4) is 0 Å². The maximum Gasteiger partial charge on any atom is 0.453 e. The zero-order valence-corrected chi connectivity index (χ0v) is 19.1. The van der Waals surface area contributed by atoms with E-state index < -0.39 is 12.0 Å². The van der Waals surface area contributed by atoms with Gasteiger partial charge in [0, 0.05) is 43.1 Å². The number of halogens is 4. The molecule has 13 heteroatoms. The molecular formula is C20H20ClF3N8S. The number of rotatable bonds is 5. The Bertz CT molecular complexity index is 1200. The second kappa shape index (κ2) is 9.57. The fourth-order valence-electron chi connectivity index (χ4n) is 3.31. The average molecular weight is 497 g/mol. The van der Waals surface area contributed by atoms with E-state index in [9.17, 15) is 13.2 Å². The molecule has 1 aliphatic heterocycles. The van der Waals surface area contributed by atoms with Crippen molar-refractivity contribution in [2.24, 2.45) is 5.10 Å². The van der Waals surface area contributed by atoms with Crippen LogP contribution in [0.2, 0.25) is 5.02 Å². The molecule has 3 heterocycles. The molecule has 0 saturated carbocycles. The summed E-state index contributed by atoms with van der Waals surface area (Å²) in [5, 5.41) is 8.18. The molecule has 0 N–H and O–H groups in total. The van der Waals surface area contributed by atoms with E-state index in [1.807, 2.05) is 22.8 Å². The van der Waals surface area contributed by atoms with Crippen LogP contribution in [0.5, 0.6) is 0 Å². The van der Waals surface area contributed by atoms with Crippen LogP contribution >= 0.6 is 23.8 Å². The van der Waals surface area contributed by atoms with Gasteiger partial charge in [-0.1, -0.05) is 23.7 Å². The monoisotopic (exact) mass is 496 g/mol. The summed E-state index contributed by atoms with van der Waals surface area (Å²) in [6.07, 6.45) is -1.72. The van der Waals surface area contributed by atoms with E-state index >= 15 is 0 Å². The lowest BCUT2D eigenvalue weighted by molar-refractivity contribution is -0.147. The fraction of sp³-hybridized carbons (Fsp3) is 0.350. The summed E-state index contributed by atoms with van der Waals surface area (Å²) in [5.41, 5.74) is 1.45. The predicted molar refractivity (Wildman–Crippen MR) is 121 cm³/mol. The van der Waals surface area contributed by atoms with Gasteiger partial charge in [0.2, 0.25) is 10.7 Å². The lowest BCUT2D eigenvalue weighted by Crippen LogP contribution is -2.47. The Morgan fingerprint density at radius 1 is 1.12 bits per heavy atom. The first-order valence-corrected chi connectivity index (χ1v) is 10.8. The standard InChI is InChI=1S/C20H20ClF3N8S/c1-14-6-7-25-18(27-14)30-10-8-29(9-11-30)13-31-19(33)32(17(28-31)20(22,23)24)26-12-15-2-4-16(21)5-3-15/h2-7,12H,8-11,13H2,1H3/b26-12+. The van der Waals surface area contributed by atoms with Gasteiger partial charge in [0.15, 0.2) is 0 Å². The highest BCUT2D eigenvalue weighted by Crippen LogP contribution is 2.28. The first-order chi connectivity index (χ1) is 15.7. The van der Waals surface area contributed by atoms with Gasteiger partial charge in [-0.2, -0.15) is 22.9 Å². The van der Waals surface area contributed by atoms with Crippen molar-refractivity contribution in [2.45, 2.75) is 19.8 Å². The highest BCUT2D eigenvalue weighted by molar-refractivity contribution is 7.71. The first-order valence-electron chi connectivity index (χ1n) is 10.0. The largest absolute Gasteiger partial charge is 0.453 e. The Balaban J connectivity index is 1.50. The molecule has 1 fully saturated rings. The molecule has 3 aromatic rings. The van der Waals surface area contributed by atoms with Crippen molar-refractivity contribution in [3.63, 3.8) is 0 Å². The number of hydrogen-bond acceptors (Lipinski definition) is 7. The molecule has 1 aliphatic rings. The van der Waals surface area contributed by atoms with Gasteiger partial charge in [-0.3, -0.25) is 4.90 Å². The summed E-state index contributed by atoms with van der Waals surface area (Å²) in [4.78, 5) is 12.7. The third-order valence-corrected chi connectivity index (χ3v) is 5.67. The van der Waals surface area contributed by atoms with Gasteiger partial charge in [0.05, 0.1) is 12.9 Å². The van der Waals surface area contributed by atoms with Crippen LogP contribution < -0.4 is 4.90 Å².